The standard InChI is InChI=1S/C25H31N5O3/c1-19-24(32)28(15-9-14-20-10-5-3-6-11-20)17-22-29(19)23(31)18-27(2)30(22)25(33)26-16-21-12-7-4-8-13-21/h3-8,10-13,19,22H,9,14-18H2,1-2H3,(H,26,33)/t19-,22-/m0/s1. The number of rotatable bonds is 6. The second kappa shape index (κ2) is 10.0. The molecule has 0 spiro atoms. The van der Waals surface area contributed by atoms with Gasteiger partial charge in [0.15, 0.2) is 0 Å². The van der Waals surface area contributed by atoms with Crippen LogP contribution in [0.15, 0.2) is 60.7 Å². The predicted molar refractivity (Wildman–Crippen MR) is 125 cm³/mol. The van der Waals surface area contributed by atoms with Crippen LogP contribution in [0.4, 0.5) is 4.79 Å². The molecule has 4 amide bonds. The molecule has 0 aliphatic carbocycles. The third kappa shape index (κ3) is 5.01. The first-order valence-electron chi connectivity index (χ1n) is 11.4. The topological polar surface area (TPSA) is 76.2 Å². The number of hydrogen-bond acceptors (Lipinski definition) is 4. The molecule has 0 saturated carbocycles. The molecule has 0 bridgehead atoms. The Morgan fingerprint density at radius 3 is 2.30 bits per heavy atom. The first-order valence-corrected chi connectivity index (χ1v) is 11.4. The third-order valence-corrected chi connectivity index (χ3v) is 6.32. The lowest BCUT2D eigenvalue weighted by molar-refractivity contribution is -0.185. The van der Waals surface area contributed by atoms with Gasteiger partial charge in [-0.25, -0.2) is 14.8 Å². The van der Waals surface area contributed by atoms with Crippen LogP contribution in [0.5, 0.6) is 0 Å². The van der Waals surface area contributed by atoms with E-state index in [0.29, 0.717) is 19.6 Å². The van der Waals surface area contributed by atoms with Gasteiger partial charge >= 0.3 is 6.03 Å². The summed E-state index contributed by atoms with van der Waals surface area (Å²) in [6, 6.07) is 19.0. The summed E-state index contributed by atoms with van der Waals surface area (Å²) < 4.78 is 0. The minimum absolute atomic E-state index is 0.0564. The molecule has 174 valence electrons. The Morgan fingerprint density at radius 1 is 1.00 bits per heavy atom. The zero-order chi connectivity index (χ0) is 23.4. The van der Waals surface area contributed by atoms with Gasteiger partial charge in [0.2, 0.25) is 11.8 Å². The van der Waals surface area contributed by atoms with Gasteiger partial charge in [-0.05, 0) is 30.9 Å². The van der Waals surface area contributed by atoms with Gasteiger partial charge in [-0.3, -0.25) is 9.59 Å². The monoisotopic (exact) mass is 449 g/mol. The number of nitrogens with zero attached hydrogens (tertiary/aromatic N) is 4. The predicted octanol–water partition coefficient (Wildman–Crippen LogP) is 2.08. The first kappa shape index (κ1) is 22.8. The van der Waals surface area contributed by atoms with Crippen LogP contribution in [0.2, 0.25) is 0 Å². The molecule has 8 heteroatoms. The van der Waals surface area contributed by atoms with Crippen molar-refractivity contribution in [3.63, 3.8) is 0 Å². The van der Waals surface area contributed by atoms with E-state index >= 15 is 0 Å². The van der Waals surface area contributed by atoms with Gasteiger partial charge in [0, 0.05) is 20.1 Å². The average molecular weight is 450 g/mol. The maximum absolute atomic E-state index is 13.2. The number of carbonyl (C=O) groups is 3. The molecule has 2 aliphatic rings. The summed E-state index contributed by atoms with van der Waals surface area (Å²) in [6.07, 6.45) is 1.16. The number of hydrogen-bond donors (Lipinski definition) is 1. The van der Waals surface area contributed by atoms with Gasteiger partial charge < -0.3 is 15.1 Å². The summed E-state index contributed by atoms with van der Waals surface area (Å²) in [5, 5.41) is 6.18. The van der Waals surface area contributed by atoms with Crippen LogP contribution < -0.4 is 5.32 Å². The summed E-state index contributed by atoms with van der Waals surface area (Å²) in [5.41, 5.74) is 2.22. The van der Waals surface area contributed by atoms with Crippen molar-refractivity contribution < 1.29 is 14.4 Å². The Hall–Kier alpha value is -3.39. The maximum Gasteiger partial charge on any atom is 0.334 e. The lowest BCUT2D eigenvalue weighted by atomic mass is 10.1. The molecule has 0 aromatic heterocycles. The highest BCUT2D eigenvalue weighted by molar-refractivity contribution is 5.91. The van der Waals surface area contributed by atoms with Crippen LogP contribution in [0, 0.1) is 0 Å². The Kier molecular flexibility index (Phi) is 6.93. The summed E-state index contributed by atoms with van der Waals surface area (Å²) in [5.74, 6) is -0.207. The zero-order valence-corrected chi connectivity index (χ0v) is 19.2. The Balaban J connectivity index is 1.45. The molecule has 2 aliphatic heterocycles. The van der Waals surface area contributed by atoms with E-state index in [9.17, 15) is 14.4 Å². The summed E-state index contributed by atoms with van der Waals surface area (Å²) in [6.45, 7) is 3.08. The number of hydrazine groups is 1. The van der Waals surface area contributed by atoms with Crippen molar-refractivity contribution in [1.29, 1.82) is 0 Å². The van der Waals surface area contributed by atoms with Crippen LogP contribution in [0.3, 0.4) is 0 Å². The van der Waals surface area contributed by atoms with Gasteiger partial charge in [-0.15, -0.1) is 0 Å². The van der Waals surface area contributed by atoms with Crippen molar-refractivity contribution in [2.24, 2.45) is 0 Å². The summed E-state index contributed by atoms with van der Waals surface area (Å²) in [7, 11) is 1.73. The molecule has 2 heterocycles. The van der Waals surface area contributed by atoms with Gasteiger partial charge in [0.05, 0.1) is 13.1 Å². The molecule has 2 saturated heterocycles. The van der Waals surface area contributed by atoms with E-state index in [-0.39, 0.29) is 24.4 Å². The number of benzene rings is 2. The van der Waals surface area contributed by atoms with Crippen LogP contribution in [0.1, 0.15) is 24.5 Å². The van der Waals surface area contributed by atoms with Crippen molar-refractivity contribution in [3.05, 3.63) is 71.8 Å². The molecular formula is C25H31N5O3. The van der Waals surface area contributed by atoms with E-state index in [1.165, 1.54) is 5.56 Å². The van der Waals surface area contributed by atoms with Crippen molar-refractivity contribution in [1.82, 2.24) is 25.1 Å². The summed E-state index contributed by atoms with van der Waals surface area (Å²) >= 11 is 0. The second-order valence-electron chi connectivity index (χ2n) is 8.64. The maximum atomic E-state index is 13.2. The van der Waals surface area contributed by atoms with E-state index in [1.54, 1.807) is 33.8 Å². The normalized spacial score (nSPS) is 21.2. The highest BCUT2D eigenvalue weighted by Crippen LogP contribution is 2.25. The fourth-order valence-electron chi connectivity index (χ4n) is 4.64. The van der Waals surface area contributed by atoms with Crippen LogP contribution >= 0.6 is 0 Å². The van der Waals surface area contributed by atoms with E-state index in [1.807, 2.05) is 48.5 Å². The lowest BCUT2D eigenvalue weighted by Gasteiger charge is -2.53. The van der Waals surface area contributed by atoms with Gasteiger partial charge in [0.1, 0.15) is 12.2 Å². The number of urea groups is 1. The molecular weight excluding hydrogens is 418 g/mol. The van der Waals surface area contributed by atoms with Crippen molar-refractivity contribution >= 4 is 17.8 Å². The van der Waals surface area contributed by atoms with Crippen LogP contribution in [0.25, 0.3) is 0 Å². The lowest BCUT2D eigenvalue weighted by Crippen LogP contribution is -2.75. The van der Waals surface area contributed by atoms with Crippen molar-refractivity contribution in [2.45, 2.75) is 38.5 Å². The SMILES string of the molecule is C[C@H]1C(=O)N(CCCc2ccccc2)C[C@H]2N1C(=O)CN(C)N2C(=O)NCc1ccccc1. The molecule has 4 rings (SSSR count). The fourth-order valence-corrected chi connectivity index (χ4v) is 4.64. The van der Waals surface area contributed by atoms with E-state index in [0.717, 1.165) is 18.4 Å². The van der Waals surface area contributed by atoms with Crippen LogP contribution in [-0.4, -0.2) is 76.6 Å². The second-order valence-corrected chi connectivity index (χ2v) is 8.64. The number of nitrogens with one attached hydrogen (secondary N) is 1. The van der Waals surface area contributed by atoms with Crippen molar-refractivity contribution in [2.75, 3.05) is 26.7 Å². The van der Waals surface area contributed by atoms with Crippen molar-refractivity contribution in [3.8, 4) is 0 Å². The Bertz CT molecular complexity index is 984. The zero-order valence-electron chi connectivity index (χ0n) is 19.2. The first-order chi connectivity index (χ1) is 16.0. The molecule has 1 N–H and O–H groups in total. The van der Waals surface area contributed by atoms with E-state index in [4.69, 9.17) is 0 Å². The van der Waals surface area contributed by atoms with Gasteiger partial charge in [-0.1, -0.05) is 60.7 Å². The minimum Gasteiger partial charge on any atom is -0.337 e. The van der Waals surface area contributed by atoms with Crippen LogP contribution in [-0.2, 0) is 22.6 Å². The Labute approximate surface area is 194 Å². The summed E-state index contributed by atoms with van der Waals surface area (Å²) in [4.78, 5) is 42.4. The third-order valence-electron chi connectivity index (χ3n) is 6.32. The molecule has 2 fully saturated rings. The van der Waals surface area contributed by atoms with Gasteiger partial charge in [0.25, 0.3) is 0 Å². The van der Waals surface area contributed by atoms with E-state index < -0.39 is 12.2 Å². The number of amides is 4. The number of carbonyl (C=O) groups excluding carboxylic acids is 3. The number of fused-ring (bicyclic) bond motifs is 1. The molecule has 33 heavy (non-hydrogen) atoms. The molecule has 2 aromatic rings. The average Bonchev–Trinajstić information content (AvgIpc) is 2.82. The van der Waals surface area contributed by atoms with E-state index in [2.05, 4.69) is 17.4 Å². The number of aryl methyl sites for hydroxylation is 1. The molecule has 2 aromatic carbocycles. The number of likely N-dealkylation sites (N-methyl/N-ethyl adjacent to an activating group) is 1. The quantitative estimate of drug-likeness (QED) is 0.733. The highest BCUT2D eigenvalue weighted by Gasteiger charge is 2.48. The molecule has 0 unspecified atom stereocenters. The smallest absolute Gasteiger partial charge is 0.334 e. The number of piperazine rings is 1. The molecule has 8 nitrogen and oxygen atoms in total. The molecule has 2 atom stereocenters. The fraction of sp³-hybridized carbons (Fsp3) is 0.400. The Morgan fingerprint density at radius 2 is 1.64 bits per heavy atom. The largest absolute Gasteiger partial charge is 0.337 e. The van der Waals surface area contributed by atoms with Gasteiger partial charge in [-0.2, -0.15) is 0 Å². The highest BCUT2D eigenvalue weighted by atomic mass is 16.2. The minimum atomic E-state index is -0.605. The molecule has 0 radical (unpaired) electrons.